The van der Waals surface area contributed by atoms with Crippen LogP contribution in [0.5, 0.6) is 0 Å². The monoisotopic (exact) mass is 559 g/mol. The predicted molar refractivity (Wildman–Crippen MR) is 139 cm³/mol. The number of phosphoric ester groups is 1. The molecule has 0 aromatic carbocycles. The van der Waals surface area contributed by atoms with Crippen molar-refractivity contribution >= 4 is 13.8 Å². The van der Waals surface area contributed by atoms with Gasteiger partial charge in [0.1, 0.15) is 25.9 Å². The zero-order valence-corrected chi connectivity index (χ0v) is 20.1. The molecule has 0 bridgehead atoms. The van der Waals surface area contributed by atoms with E-state index in [-0.39, 0.29) is 11.0 Å². The fourth-order valence-corrected chi connectivity index (χ4v) is 2.12. The van der Waals surface area contributed by atoms with Crippen LogP contribution < -0.4 is 4.89 Å². The van der Waals surface area contributed by atoms with Crippen molar-refractivity contribution in [1.82, 2.24) is 0 Å². The molecule has 0 spiro atoms. The van der Waals surface area contributed by atoms with E-state index in [1.54, 1.807) is 21.1 Å². The number of hydrogen-bond acceptors (Lipinski definition) is 7. The van der Waals surface area contributed by atoms with Gasteiger partial charge in [0.25, 0.3) is 7.82 Å². The summed E-state index contributed by atoms with van der Waals surface area (Å²) in [6.45, 7) is -7.16. The fourth-order valence-electron chi connectivity index (χ4n) is 1.39. The number of carbonyl (C=O) groups is 1. The van der Waals surface area contributed by atoms with Crippen LogP contribution in [0.15, 0.2) is 0 Å². The van der Waals surface area contributed by atoms with Crippen LogP contribution in [0.2, 0.25) is 0 Å². The molecule has 0 heterocycles. The Morgan fingerprint density at radius 1 is 0.886 bits per heavy atom. The third kappa shape index (κ3) is 26.4. The first kappa shape index (κ1) is 8.25. The summed E-state index contributed by atoms with van der Waals surface area (Å²) < 4.78 is 309. The second kappa shape index (κ2) is 21.6. The van der Waals surface area contributed by atoms with Crippen LogP contribution in [-0.4, -0.2) is 69.2 Å². The molecule has 0 aromatic rings. The van der Waals surface area contributed by atoms with Gasteiger partial charge in [0.05, 0.1) is 27.7 Å². The molecule has 8 nitrogen and oxygen atoms in total. The number of phosphoric acid groups is 1. The van der Waals surface area contributed by atoms with Crippen LogP contribution in [0, 0.1) is 0 Å². The summed E-state index contributed by atoms with van der Waals surface area (Å²) >= 11 is 0. The lowest BCUT2D eigenvalue weighted by atomic mass is 10.0. The summed E-state index contributed by atoms with van der Waals surface area (Å²) in [4.78, 5) is 24.8. The van der Waals surface area contributed by atoms with Crippen LogP contribution in [0.3, 0.4) is 0 Å². The Labute approximate surface area is 264 Å². The van der Waals surface area contributed by atoms with Gasteiger partial charge in [-0.25, -0.2) is 0 Å². The van der Waals surface area contributed by atoms with E-state index in [1.807, 2.05) is 0 Å². The smallest absolute Gasteiger partial charge is 0.305 e. The minimum absolute atomic E-state index is 0.143. The van der Waals surface area contributed by atoms with Gasteiger partial charge in [-0.1, -0.05) is 96.1 Å². The van der Waals surface area contributed by atoms with Crippen LogP contribution in [0.1, 0.15) is 157 Å². The minimum Gasteiger partial charge on any atom is -0.756 e. The number of rotatable bonds is 25. The summed E-state index contributed by atoms with van der Waals surface area (Å²) in [7, 11) is -0.100. The van der Waals surface area contributed by atoms with Crippen molar-refractivity contribution in [3.05, 3.63) is 0 Å². The number of carbonyl (C=O) groups excluding carboxylic acids is 1. The van der Waals surface area contributed by atoms with E-state index >= 15 is 0 Å². The lowest BCUT2D eigenvalue weighted by molar-refractivity contribution is -0.870. The van der Waals surface area contributed by atoms with Crippen LogP contribution >= 0.6 is 7.82 Å². The number of nitrogens with zero attached hydrogens (tertiary/aromatic N) is 1. The van der Waals surface area contributed by atoms with Crippen LogP contribution in [0.25, 0.3) is 0 Å². The van der Waals surface area contributed by atoms with Gasteiger partial charge < -0.3 is 28.3 Å². The third-order valence-electron chi connectivity index (χ3n) is 2.88. The van der Waals surface area contributed by atoms with Crippen molar-refractivity contribution in [2.24, 2.45) is 0 Å². The van der Waals surface area contributed by atoms with Crippen molar-refractivity contribution in [2.75, 3.05) is 47.5 Å². The molecule has 0 aromatic heterocycles. The number of likely N-dealkylation sites (N-methyl/N-ethyl adjacent to an activating group) is 1. The average Bonchev–Trinajstić information content (AvgIpc) is 3.13. The van der Waals surface area contributed by atoms with Gasteiger partial charge in [0.15, 0.2) is 0 Å². The molecule has 1 unspecified atom stereocenters. The molecular weight excluding hydrogens is 469 g/mol. The second-order valence-electron chi connectivity index (χ2n) is 6.84. The normalized spacial score (nSPS) is 36.3. The van der Waals surface area contributed by atoms with Crippen molar-refractivity contribution in [1.29, 1.82) is 0 Å². The highest BCUT2D eigenvalue weighted by atomic mass is 31.2. The van der Waals surface area contributed by atoms with Gasteiger partial charge in [-0.05, 0) is 6.37 Å². The Balaban J connectivity index is 7.28. The molecule has 1 N–H and O–H groups in total. The first-order chi connectivity index (χ1) is 29.7. The first-order valence-electron chi connectivity index (χ1n) is 27.0. The van der Waals surface area contributed by atoms with Gasteiger partial charge >= 0.3 is 5.97 Å². The fraction of sp³-hybridized carbons (Fsp3) is 0.962. The van der Waals surface area contributed by atoms with E-state index in [0.29, 0.717) is 0 Å². The Kier molecular flexibility index (Phi) is 5.09. The van der Waals surface area contributed by atoms with Crippen molar-refractivity contribution < 1.29 is 85.6 Å². The summed E-state index contributed by atoms with van der Waals surface area (Å²) in [5.41, 5.74) is 0. The van der Waals surface area contributed by atoms with E-state index < -0.39 is 149 Å². The molecule has 210 valence electrons. The Morgan fingerprint density at radius 2 is 1.37 bits per heavy atom. The molecule has 9 heteroatoms. The van der Waals surface area contributed by atoms with E-state index in [1.165, 1.54) is 0 Å². The maximum absolute atomic E-state index is 12.8. The summed E-state index contributed by atoms with van der Waals surface area (Å²) in [6.07, 6.45) is -83.3. The SMILES string of the molecule is [2H]C([2H])([2H])C([2H])([2H])C([2H])([2H])C([2H])([2H])C([2H])([2H])C([2H])([2H])C([2H])([2H])C([2H])([2H])C([2H])([2H])C([2H])([2H])C([2H])([2H])C([2H])([2H])C([2H])([2H])C([2H])([2H])C([2H])([2H])C([2H])([2H])C([2H])([2H])C(=O)OC[C@@H](O)COP(=O)([O-])OCC[N+](C)(C)C. The van der Waals surface area contributed by atoms with E-state index in [0.717, 1.165) is 0 Å². The number of aliphatic hydroxyl groups is 1. The van der Waals surface area contributed by atoms with Crippen molar-refractivity contribution in [3.8, 4) is 0 Å². The van der Waals surface area contributed by atoms with Crippen LogP contribution in [-0.2, 0) is 23.1 Å². The molecule has 0 aliphatic heterocycles. The molecule has 0 saturated heterocycles. The molecule has 0 fully saturated rings. The zero-order chi connectivity index (χ0) is 57.6. The van der Waals surface area contributed by atoms with Crippen LogP contribution in [0.4, 0.5) is 0 Å². The predicted octanol–water partition coefficient (Wildman–Crippen LogP) is 5.36. The maximum Gasteiger partial charge on any atom is 0.305 e. The number of ether oxygens (including phenoxy) is 1. The second-order valence-corrected chi connectivity index (χ2v) is 8.25. The Hall–Kier alpha value is -0.500. The highest BCUT2D eigenvalue weighted by Gasteiger charge is 2.16. The summed E-state index contributed by atoms with van der Waals surface area (Å²) in [6, 6.07) is 0. The Morgan fingerprint density at radius 3 is 1.86 bits per heavy atom. The van der Waals surface area contributed by atoms with E-state index in [2.05, 4.69) is 13.8 Å². The van der Waals surface area contributed by atoms with Crippen molar-refractivity contribution in [3.63, 3.8) is 0 Å². The Bertz CT molecular complexity index is 1910. The highest BCUT2D eigenvalue weighted by molar-refractivity contribution is 7.45. The van der Waals surface area contributed by atoms with Gasteiger partial charge in [-0.2, -0.15) is 0 Å². The molecule has 0 radical (unpaired) electrons. The molecule has 35 heavy (non-hydrogen) atoms. The largest absolute Gasteiger partial charge is 0.756 e. The lowest BCUT2D eigenvalue weighted by Crippen LogP contribution is -2.37. The lowest BCUT2D eigenvalue weighted by Gasteiger charge is -2.27. The third-order valence-corrected chi connectivity index (χ3v) is 3.85. The molecule has 2 atom stereocenters. The standard InChI is InChI=1S/C26H54NO7P/c1-5-6-7-8-9-10-11-12-13-14-15-16-17-18-19-20-26(29)32-23-25(28)24-34-35(30,31)33-22-21-27(2,3)4/h25,28H,5-24H2,1-4H3/t25-/m1/s1/i1D3,5D2,6D2,7D2,8D2,9D2,10D2,11D2,12D2,13D2,14D2,15D2,16D2,17D2,18D2,19D2,20D2. The number of aliphatic hydroxyl groups excluding tert-OH is 1. The van der Waals surface area contributed by atoms with Gasteiger partial charge in [0.2, 0.25) is 0 Å². The molecule has 0 rings (SSSR count). The number of esters is 1. The van der Waals surface area contributed by atoms with E-state index in [4.69, 9.17) is 48.0 Å². The number of hydrogen-bond donors (Lipinski definition) is 1. The topological polar surface area (TPSA) is 105 Å². The number of quaternary nitrogens is 1. The minimum atomic E-state index is -5.33. The summed E-state index contributed by atoms with van der Waals surface area (Å²) in [5, 5.41) is 10.1. The first-order valence-corrected chi connectivity index (χ1v) is 10.9. The highest BCUT2D eigenvalue weighted by Crippen LogP contribution is 2.38. The summed E-state index contributed by atoms with van der Waals surface area (Å²) in [5.74, 6) is -2.54. The molecule has 0 aliphatic carbocycles. The van der Waals surface area contributed by atoms with Gasteiger partial charge in [-0.15, -0.1) is 0 Å². The quantitative estimate of drug-likeness (QED) is 0.0913. The zero-order valence-electron chi connectivity index (χ0n) is 54.2. The van der Waals surface area contributed by atoms with E-state index in [9.17, 15) is 19.4 Å². The molecule has 0 amide bonds. The molecule has 0 saturated carbocycles. The molecular formula is C26H54NO7P. The average molecular weight is 559 g/mol. The van der Waals surface area contributed by atoms with Gasteiger partial charge in [-0.3, -0.25) is 9.36 Å². The van der Waals surface area contributed by atoms with Crippen molar-refractivity contribution in [2.45, 2.75) is 115 Å². The van der Waals surface area contributed by atoms with Gasteiger partial charge in [0, 0.05) is 54.3 Å². The molecule has 0 aliphatic rings. The maximum atomic E-state index is 12.8.